The van der Waals surface area contributed by atoms with Gasteiger partial charge in [0.2, 0.25) is 10.0 Å². The Labute approximate surface area is 103 Å². The third-order valence-electron chi connectivity index (χ3n) is 2.37. The monoisotopic (exact) mass is 257 g/mol. The molecule has 0 atom stereocenters. The Hall–Kier alpha value is -1.07. The molecule has 1 rings (SSSR count). The van der Waals surface area contributed by atoms with Gasteiger partial charge in [0, 0.05) is 12.6 Å². The Morgan fingerprint density at radius 2 is 2.06 bits per heavy atom. The molecule has 4 nitrogen and oxygen atoms in total. The first-order valence-corrected chi connectivity index (χ1v) is 7.07. The molecule has 0 bridgehead atoms. The van der Waals surface area contributed by atoms with Gasteiger partial charge in [-0.3, -0.25) is 0 Å². The molecule has 0 amide bonds. The molecule has 1 aromatic carbocycles. The molecule has 0 aromatic heterocycles. The highest BCUT2D eigenvalue weighted by Crippen LogP contribution is 2.16. The van der Waals surface area contributed by atoms with E-state index in [9.17, 15) is 8.42 Å². The molecule has 96 valence electrons. The zero-order valence-electron chi connectivity index (χ0n) is 10.4. The third-order valence-corrected chi connectivity index (χ3v) is 3.82. The van der Waals surface area contributed by atoms with Gasteiger partial charge < -0.3 is 4.74 Å². The molecule has 0 spiro atoms. The van der Waals surface area contributed by atoms with Gasteiger partial charge in [0.05, 0.1) is 12.0 Å². The fraction of sp³-hybridized carbons (Fsp3) is 0.500. The number of methoxy groups -OCH3 is 1. The molecular formula is C12H19NO3S. The Bertz CT molecular complexity index is 455. The molecule has 0 saturated heterocycles. The van der Waals surface area contributed by atoms with Crippen LogP contribution < -0.4 is 9.46 Å². The van der Waals surface area contributed by atoms with Gasteiger partial charge in [-0.2, -0.15) is 0 Å². The van der Waals surface area contributed by atoms with Crippen LogP contribution in [0.25, 0.3) is 0 Å². The number of hydrogen-bond donors (Lipinski definition) is 1. The minimum atomic E-state index is -3.42. The maximum Gasteiger partial charge on any atom is 0.240 e. The summed E-state index contributed by atoms with van der Waals surface area (Å²) in [7, 11) is -1.91. The molecule has 0 aliphatic heterocycles. The summed E-state index contributed by atoms with van der Waals surface area (Å²) in [5, 5.41) is 0. The lowest BCUT2D eigenvalue weighted by Crippen LogP contribution is -2.25. The second-order valence-electron chi connectivity index (χ2n) is 4.26. The number of rotatable bonds is 6. The van der Waals surface area contributed by atoms with Crippen molar-refractivity contribution in [3.05, 3.63) is 24.3 Å². The van der Waals surface area contributed by atoms with Gasteiger partial charge in [-0.15, -0.1) is 0 Å². The summed E-state index contributed by atoms with van der Waals surface area (Å²) in [6.07, 6.45) is 0.823. The van der Waals surface area contributed by atoms with Crippen molar-refractivity contribution in [2.24, 2.45) is 5.92 Å². The highest BCUT2D eigenvalue weighted by Gasteiger charge is 2.13. The SMILES string of the molecule is COc1cccc(S(=O)(=O)NCCC(C)C)c1. The van der Waals surface area contributed by atoms with Crippen molar-refractivity contribution in [3.8, 4) is 5.75 Å². The predicted octanol–water partition coefficient (Wildman–Crippen LogP) is 2.02. The first kappa shape index (κ1) is 14.0. The second kappa shape index (κ2) is 6.02. The van der Waals surface area contributed by atoms with Crippen molar-refractivity contribution in [2.75, 3.05) is 13.7 Å². The number of ether oxygens (including phenoxy) is 1. The molecule has 0 radical (unpaired) electrons. The number of benzene rings is 1. The van der Waals surface area contributed by atoms with E-state index in [1.165, 1.54) is 13.2 Å². The zero-order valence-corrected chi connectivity index (χ0v) is 11.3. The van der Waals surface area contributed by atoms with E-state index in [-0.39, 0.29) is 4.90 Å². The summed E-state index contributed by atoms with van der Waals surface area (Å²) in [5.41, 5.74) is 0. The fourth-order valence-electron chi connectivity index (χ4n) is 1.33. The second-order valence-corrected chi connectivity index (χ2v) is 6.03. The van der Waals surface area contributed by atoms with Crippen molar-refractivity contribution in [3.63, 3.8) is 0 Å². The van der Waals surface area contributed by atoms with Gasteiger partial charge in [-0.05, 0) is 24.5 Å². The van der Waals surface area contributed by atoms with E-state index in [4.69, 9.17) is 4.74 Å². The fourth-order valence-corrected chi connectivity index (χ4v) is 2.42. The van der Waals surface area contributed by atoms with Crippen LogP contribution in [0, 0.1) is 5.92 Å². The smallest absolute Gasteiger partial charge is 0.240 e. The Balaban J connectivity index is 2.75. The van der Waals surface area contributed by atoms with E-state index >= 15 is 0 Å². The van der Waals surface area contributed by atoms with E-state index in [1.807, 2.05) is 0 Å². The third kappa shape index (κ3) is 4.36. The number of sulfonamides is 1. The van der Waals surface area contributed by atoms with Gasteiger partial charge >= 0.3 is 0 Å². The van der Waals surface area contributed by atoms with E-state index < -0.39 is 10.0 Å². The van der Waals surface area contributed by atoms with Crippen LogP contribution in [-0.2, 0) is 10.0 Å². The highest BCUT2D eigenvalue weighted by molar-refractivity contribution is 7.89. The van der Waals surface area contributed by atoms with Crippen LogP contribution >= 0.6 is 0 Å². The maximum absolute atomic E-state index is 11.9. The topological polar surface area (TPSA) is 55.4 Å². The van der Waals surface area contributed by atoms with Gasteiger partial charge in [-0.1, -0.05) is 19.9 Å². The van der Waals surface area contributed by atoms with Gasteiger partial charge in [0.25, 0.3) is 0 Å². The van der Waals surface area contributed by atoms with Crippen LogP contribution in [0.1, 0.15) is 20.3 Å². The van der Waals surface area contributed by atoms with Crippen LogP contribution in [0.2, 0.25) is 0 Å². The van der Waals surface area contributed by atoms with Crippen molar-refractivity contribution >= 4 is 10.0 Å². The minimum absolute atomic E-state index is 0.237. The summed E-state index contributed by atoms with van der Waals surface area (Å²) in [4.78, 5) is 0.237. The molecule has 0 aliphatic carbocycles. The first-order valence-electron chi connectivity index (χ1n) is 5.59. The quantitative estimate of drug-likeness (QED) is 0.848. The van der Waals surface area contributed by atoms with E-state index in [2.05, 4.69) is 18.6 Å². The molecule has 0 unspecified atom stereocenters. The van der Waals surface area contributed by atoms with Crippen LogP contribution in [0.15, 0.2) is 29.2 Å². The predicted molar refractivity (Wildman–Crippen MR) is 67.6 cm³/mol. The summed E-state index contributed by atoms with van der Waals surface area (Å²) in [5.74, 6) is 1.01. The molecule has 0 aliphatic rings. The molecule has 1 N–H and O–H groups in total. The molecular weight excluding hydrogens is 238 g/mol. The Kier molecular flexibility index (Phi) is 4.96. The molecule has 0 heterocycles. The van der Waals surface area contributed by atoms with Crippen LogP contribution in [-0.4, -0.2) is 22.1 Å². The maximum atomic E-state index is 11.9. The normalized spacial score (nSPS) is 11.8. The van der Waals surface area contributed by atoms with E-state index in [0.717, 1.165) is 6.42 Å². The molecule has 5 heteroatoms. The summed E-state index contributed by atoms with van der Waals surface area (Å²) >= 11 is 0. The first-order chi connectivity index (χ1) is 7.95. The Morgan fingerprint density at radius 3 is 2.65 bits per heavy atom. The lowest BCUT2D eigenvalue weighted by atomic mass is 10.1. The van der Waals surface area contributed by atoms with E-state index in [1.54, 1.807) is 18.2 Å². The van der Waals surface area contributed by atoms with Gasteiger partial charge in [0.1, 0.15) is 5.75 Å². The van der Waals surface area contributed by atoms with Crippen LogP contribution in [0.4, 0.5) is 0 Å². The van der Waals surface area contributed by atoms with Gasteiger partial charge in [-0.25, -0.2) is 13.1 Å². The zero-order chi connectivity index (χ0) is 12.9. The summed E-state index contributed by atoms with van der Waals surface area (Å²) < 4.78 is 31.4. The lowest BCUT2D eigenvalue weighted by molar-refractivity contribution is 0.413. The highest BCUT2D eigenvalue weighted by atomic mass is 32.2. The summed E-state index contributed by atoms with van der Waals surface area (Å²) in [6, 6.07) is 6.45. The van der Waals surface area contributed by atoms with Crippen LogP contribution in [0.3, 0.4) is 0 Å². The van der Waals surface area contributed by atoms with Crippen molar-refractivity contribution < 1.29 is 13.2 Å². The van der Waals surface area contributed by atoms with Crippen LogP contribution in [0.5, 0.6) is 5.75 Å². The Morgan fingerprint density at radius 1 is 1.35 bits per heavy atom. The van der Waals surface area contributed by atoms with Gasteiger partial charge in [0.15, 0.2) is 0 Å². The summed E-state index contributed by atoms with van der Waals surface area (Å²) in [6.45, 7) is 4.57. The average Bonchev–Trinajstić information content (AvgIpc) is 2.28. The minimum Gasteiger partial charge on any atom is -0.497 e. The van der Waals surface area contributed by atoms with Crippen molar-refractivity contribution in [2.45, 2.75) is 25.2 Å². The largest absolute Gasteiger partial charge is 0.497 e. The number of hydrogen-bond acceptors (Lipinski definition) is 3. The lowest BCUT2D eigenvalue weighted by Gasteiger charge is -2.09. The molecule has 0 saturated carbocycles. The average molecular weight is 257 g/mol. The van der Waals surface area contributed by atoms with Crippen molar-refractivity contribution in [1.29, 1.82) is 0 Å². The molecule has 17 heavy (non-hydrogen) atoms. The molecule has 1 aromatic rings. The number of nitrogens with one attached hydrogen (secondary N) is 1. The van der Waals surface area contributed by atoms with Crippen molar-refractivity contribution in [1.82, 2.24) is 4.72 Å². The standard InChI is InChI=1S/C12H19NO3S/c1-10(2)7-8-13-17(14,15)12-6-4-5-11(9-12)16-3/h4-6,9-10,13H,7-8H2,1-3H3. The van der Waals surface area contributed by atoms with E-state index in [0.29, 0.717) is 18.2 Å². The molecule has 0 fully saturated rings.